The molecule has 0 aliphatic heterocycles. The average Bonchev–Trinajstić information content (AvgIpc) is 3.51. The minimum Gasteiger partial charge on any atom is -0.385 e. The third-order valence-corrected chi connectivity index (χ3v) is 5.36. The molecule has 0 amide bonds. The first-order chi connectivity index (χ1) is 16.5. The number of carbonyl (C=O) groups excluding carboxylic acids is 1. The third kappa shape index (κ3) is 3.96. The second-order valence-electron chi connectivity index (χ2n) is 8.03. The zero-order chi connectivity index (χ0) is 23.7. The van der Waals surface area contributed by atoms with Gasteiger partial charge in [-0.25, -0.2) is 14.2 Å². The number of carbonyl (C=O) groups is 1. The van der Waals surface area contributed by atoms with Crippen LogP contribution in [0.15, 0.2) is 67.3 Å². The summed E-state index contributed by atoms with van der Waals surface area (Å²) in [6.07, 6.45) is 6.81. The van der Waals surface area contributed by atoms with Crippen LogP contribution in [0.1, 0.15) is 35.8 Å². The van der Waals surface area contributed by atoms with Crippen LogP contribution in [0.2, 0.25) is 0 Å². The molecule has 2 N–H and O–H groups in total. The highest BCUT2D eigenvalue weighted by Crippen LogP contribution is 2.26. The summed E-state index contributed by atoms with van der Waals surface area (Å²) in [6.45, 7) is 4.08. The Morgan fingerprint density at radius 3 is 2.65 bits per heavy atom. The number of nitrogens with one attached hydrogen (secondary N) is 2. The van der Waals surface area contributed by atoms with Crippen molar-refractivity contribution in [2.24, 2.45) is 0 Å². The summed E-state index contributed by atoms with van der Waals surface area (Å²) >= 11 is 0. The van der Waals surface area contributed by atoms with Crippen molar-refractivity contribution in [2.45, 2.75) is 19.9 Å². The van der Waals surface area contributed by atoms with Gasteiger partial charge < -0.3 is 10.6 Å². The maximum Gasteiger partial charge on any atom is 0.194 e. The molecule has 0 spiro atoms. The number of rotatable bonds is 7. The smallest absolute Gasteiger partial charge is 0.194 e. The lowest BCUT2D eigenvalue weighted by molar-refractivity contribution is 0.103. The number of imidazole rings is 1. The number of fused-ring (bicyclic) bond motifs is 1. The van der Waals surface area contributed by atoms with Crippen LogP contribution in [0.25, 0.3) is 17.0 Å². The molecular formula is C24H23N9O. The molecule has 34 heavy (non-hydrogen) atoms. The minimum absolute atomic E-state index is 0.0961. The van der Waals surface area contributed by atoms with E-state index in [1.54, 1.807) is 52.1 Å². The molecule has 10 heteroatoms. The monoisotopic (exact) mass is 453 g/mol. The summed E-state index contributed by atoms with van der Waals surface area (Å²) in [5.74, 6) is 0.486. The molecule has 0 bridgehead atoms. The van der Waals surface area contributed by atoms with Gasteiger partial charge in [0.15, 0.2) is 17.2 Å². The molecule has 0 fully saturated rings. The topological polar surface area (TPSA) is 115 Å². The van der Waals surface area contributed by atoms with Crippen LogP contribution in [0.5, 0.6) is 0 Å². The first-order valence-electron chi connectivity index (χ1n) is 10.8. The number of ketones is 1. The quantitative estimate of drug-likeness (QED) is 0.356. The lowest BCUT2D eigenvalue weighted by Gasteiger charge is -2.11. The lowest BCUT2D eigenvalue weighted by atomic mass is 10.0. The Kier molecular flexibility index (Phi) is 5.46. The van der Waals surface area contributed by atoms with Crippen molar-refractivity contribution in [1.29, 1.82) is 0 Å². The van der Waals surface area contributed by atoms with E-state index >= 15 is 0 Å². The Morgan fingerprint density at radius 2 is 1.91 bits per heavy atom. The van der Waals surface area contributed by atoms with Crippen LogP contribution in [0.3, 0.4) is 0 Å². The van der Waals surface area contributed by atoms with Crippen molar-refractivity contribution < 1.29 is 4.79 Å². The highest BCUT2D eigenvalue weighted by Gasteiger charge is 2.16. The Hall–Kier alpha value is -4.60. The standard InChI is InChI=1S/C24H23N9O/c1-15(2)32-14-20(29-31-32)21-13-27-24-19(25-3)11-22(30-33(21)24)28-18-8-4-6-16(10-18)23(34)17-7-5-9-26-12-17/h4-15,25H,1-3H3,(H,28,30). The number of benzene rings is 1. The second kappa shape index (κ2) is 8.74. The fraction of sp³-hybridized carbons (Fsp3) is 0.167. The largest absolute Gasteiger partial charge is 0.385 e. The van der Waals surface area contributed by atoms with E-state index in [2.05, 4.69) is 30.9 Å². The number of anilines is 3. The Balaban J connectivity index is 1.50. The van der Waals surface area contributed by atoms with E-state index < -0.39 is 0 Å². The maximum absolute atomic E-state index is 12.8. The van der Waals surface area contributed by atoms with Crippen LogP contribution in [0.4, 0.5) is 17.2 Å². The van der Waals surface area contributed by atoms with Crippen molar-refractivity contribution >= 4 is 28.6 Å². The predicted molar refractivity (Wildman–Crippen MR) is 129 cm³/mol. The van der Waals surface area contributed by atoms with Crippen molar-refractivity contribution in [1.82, 2.24) is 34.6 Å². The maximum atomic E-state index is 12.8. The lowest BCUT2D eigenvalue weighted by Crippen LogP contribution is -2.05. The Labute approximate surface area is 195 Å². The number of hydrogen-bond donors (Lipinski definition) is 2. The molecule has 0 aliphatic rings. The molecule has 170 valence electrons. The van der Waals surface area contributed by atoms with E-state index in [-0.39, 0.29) is 11.8 Å². The highest BCUT2D eigenvalue weighted by atomic mass is 16.1. The first kappa shape index (κ1) is 21.3. The number of pyridine rings is 1. The van der Waals surface area contributed by atoms with Crippen LogP contribution in [-0.4, -0.2) is 47.4 Å². The molecule has 5 rings (SSSR count). The second-order valence-corrected chi connectivity index (χ2v) is 8.03. The molecule has 0 unspecified atom stereocenters. The van der Waals surface area contributed by atoms with Gasteiger partial charge in [0.1, 0.15) is 11.4 Å². The molecule has 4 heterocycles. The van der Waals surface area contributed by atoms with Crippen LogP contribution < -0.4 is 10.6 Å². The fourth-order valence-corrected chi connectivity index (χ4v) is 3.58. The minimum atomic E-state index is -0.0961. The van der Waals surface area contributed by atoms with E-state index in [1.165, 1.54) is 0 Å². The van der Waals surface area contributed by atoms with E-state index in [0.29, 0.717) is 28.3 Å². The van der Waals surface area contributed by atoms with E-state index in [0.717, 1.165) is 17.1 Å². The summed E-state index contributed by atoms with van der Waals surface area (Å²) in [5, 5.41) is 19.7. The summed E-state index contributed by atoms with van der Waals surface area (Å²) in [5.41, 5.74) is 4.69. The fourth-order valence-electron chi connectivity index (χ4n) is 3.58. The highest BCUT2D eigenvalue weighted by molar-refractivity contribution is 6.09. The van der Waals surface area contributed by atoms with Gasteiger partial charge in [-0.15, -0.1) is 10.2 Å². The Morgan fingerprint density at radius 1 is 1.06 bits per heavy atom. The van der Waals surface area contributed by atoms with Gasteiger partial charge in [-0.05, 0) is 38.1 Å². The molecule has 0 radical (unpaired) electrons. The average molecular weight is 454 g/mol. The molecule has 0 aliphatic carbocycles. The van der Waals surface area contributed by atoms with Gasteiger partial charge >= 0.3 is 0 Å². The van der Waals surface area contributed by atoms with Gasteiger partial charge in [0.25, 0.3) is 0 Å². The summed E-state index contributed by atoms with van der Waals surface area (Å²) in [6, 6.07) is 12.8. The number of hydrogen-bond acceptors (Lipinski definition) is 8. The zero-order valence-corrected chi connectivity index (χ0v) is 19.0. The summed E-state index contributed by atoms with van der Waals surface area (Å²) in [4.78, 5) is 21.4. The molecule has 0 atom stereocenters. The normalized spacial score (nSPS) is 11.2. The van der Waals surface area contributed by atoms with Crippen molar-refractivity contribution in [2.75, 3.05) is 17.7 Å². The van der Waals surface area contributed by atoms with Crippen LogP contribution in [-0.2, 0) is 0 Å². The zero-order valence-electron chi connectivity index (χ0n) is 19.0. The van der Waals surface area contributed by atoms with Gasteiger partial charge in [-0.3, -0.25) is 9.78 Å². The molecule has 5 aromatic rings. The Bertz CT molecular complexity index is 1470. The van der Waals surface area contributed by atoms with Gasteiger partial charge in [-0.2, -0.15) is 0 Å². The molecule has 0 saturated carbocycles. The van der Waals surface area contributed by atoms with Gasteiger partial charge in [-0.1, -0.05) is 17.3 Å². The molecular weight excluding hydrogens is 430 g/mol. The summed E-state index contributed by atoms with van der Waals surface area (Å²) < 4.78 is 3.52. The molecule has 1 aromatic carbocycles. The van der Waals surface area contributed by atoms with Gasteiger partial charge in [0.2, 0.25) is 0 Å². The van der Waals surface area contributed by atoms with E-state index in [9.17, 15) is 4.79 Å². The van der Waals surface area contributed by atoms with Crippen molar-refractivity contribution in [3.63, 3.8) is 0 Å². The molecule has 0 saturated heterocycles. The third-order valence-electron chi connectivity index (χ3n) is 5.36. The summed E-state index contributed by atoms with van der Waals surface area (Å²) in [7, 11) is 1.83. The molecule has 4 aromatic heterocycles. The van der Waals surface area contributed by atoms with Crippen molar-refractivity contribution in [3.05, 3.63) is 78.4 Å². The SMILES string of the molecule is CNc1cc(Nc2cccc(C(=O)c3cccnc3)c2)nn2c(-c3cn(C(C)C)nn3)cnc12. The van der Waals surface area contributed by atoms with Crippen molar-refractivity contribution in [3.8, 4) is 11.4 Å². The number of nitrogens with zero attached hydrogens (tertiary/aromatic N) is 7. The van der Waals surface area contributed by atoms with Crippen LogP contribution >= 0.6 is 0 Å². The van der Waals surface area contributed by atoms with Gasteiger partial charge in [0.05, 0.1) is 18.1 Å². The van der Waals surface area contributed by atoms with Crippen LogP contribution in [0, 0.1) is 0 Å². The predicted octanol–water partition coefficient (Wildman–Crippen LogP) is 3.98. The first-order valence-corrected chi connectivity index (χ1v) is 10.8. The van der Waals surface area contributed by atoms with Gasteiger partial charge in [0, 0.05) is 48.4 Å². The molecule has 10 nitrogen and oxygen atoms in total. The number of aromatic nitrogens is 7. The van der Waals surface area contributed by atoms with E-state index in [1.807, 2.05) is 45.3 Å². The van der Waals surface area contributed by atoms with E-state index in [4.69, 9.17) is 5.10 Å².